The van der Waals surface area contributed by atoms with Crippen LogP contribution in [-0.2, 0) is 10.1 Å². The van der Waals surface area contributed by atoms with Gasteiger partial charge in [-0.25, -0.2) is 0 Å². The van der Waals surface area contributed by atoms with Gasteiger partial charge >= 0.3 is 10.1 Å². The zero-order chi connectivity index (χ0) is 22.4. The van der Waals surface area contributed by atoms with Crippen LogP contribution in [0.15, 0.2) is 71.6 Å². The number of halogens is 1. The number of ether oxygens (including phenoxy) is 2. The molecule has 0 N–H and O–H groups in total. The molecule has 158 valence electrons. The SMILES string of the molecule is COc1ccc(/C(C#N)=C/c2cc(I)c(OS(=O)(=O)c3ccccc3)c(OC)c2)cc1. The summed E-state index contributed by atoms with van der Waals surface area (Å²) in [4.78, 5) is 0.0445. The third-order valence-electron chi connectivity index (χ3n) is 4.31. The van der Waals surface area contributed by atoms with E-state index in [9.17, 15) is 13.7 Å². The second kappa shape index (κ2) is 9.85. The maximum absolute atomic E-state index is 12.6. The fourth-order valence-corrected chi connectivity index (χ4v) is 4.63. The first-order chi connectivity index (χ1) is 14.9. The van der Waals surface area contributed by atoms with E-state index in [1.807, 2.05) is 22.6 Å². The molecule has 0 spiro atoms. The van der Waals surface area contributed by atoms with Crippen LogP contribution in [0.2, 0.25) is 0 Å². The number of benzene rings is 3. The average molecular weight is 547 g/mol. The highest BCUT2D eigenvalue weighted by Crippen LogP contribution is 2.37. The Hall–Kier alpha value is -3.03. The lowest BCUT2D eigenvalue weighted by atomic mass is 10.0. The van der Waals surface area contributed by atoms with Gasteiger partial charge in [0.1, 0.15) is 10.6 Å². The zero-order valence-electron chi connectivity index (χ0n) is 16.7. The Morgan fingerprint density at radius 3 is 2.26 bits per heavy atom. The van der Waals surface area contributed by atoms with Gasteiger partial charge in [-0.05, 0) is 88.3 Å². The summed E-state index contributed by atoms with van der Waals surface area (Å²) in [5.74, 6) is 1.02. The molecule has 0 saturated heterocycles. The highest BCUT2D eigenvalue weighted by atomic mass is 127. The molecule has 0 aliphatic rings. The first kappa shape index (κ1) is 22.7. The second-order valence-corrected chi connectivity index (χ2v) is 8.99. The molecule has 8 heteroatoms. The van der Waals surface area contributed by atoms with E-state index in [0.717, 1.165) is 5.56 Å². The summed E-state index contributed by atoms with van der Waals surface area (Å²) in [5, 5.41) is 9.61. The highest BCUT2D eigenvalue weighted by Gasteiger charge is 2.21. The zero-order valence-corrected chi connectivity index (χ0v) is 19.7. The molecule has 0 aromatic heterocycles. The van der Waals surface area contributed by atoms with Crippen molar-refractivity contribution in [1.82, 2.24) is 0 Å². The molecule has 0 fully saturated rings. The summed E-state index contributed by atoms with van der Waals surface area (Å²) in [6, 6.07) is 20.5. The van der Waals surface area contributed by atoms with Crippen LogP contribution in [-0.4, -0.2) is 22.6 Å². The molecule has 0 saturated carbocycles. The molecular formula is C23H18INO5S. The smallest absolute Gasteiger partial charge is 0.339 e. The molecule has 0 unspecified atom stereocenters. The largest absolute Gasteiger partial charge is 0.497 e. The standard InChI is InChI=1S/C23H18INO5S/c1-28-19-10-8-17(9-11-19)18(15-25)12-16-13-21(24)23(22(14-16)29-2)30-31(26,27)20-6-4-3-5-7-20/h3-14H,1-2H3/b18-12+. The summed E-state index contributed by atoms with van der Waals surface area (Å²) >= 11 is 1.98. The van der Waals surface area contributed by atoms with E-state index in [2.05, 4.69) is 6.07 Å². The summed E-state index contributed by atoms with van der Waals surface area (Å²) in [6.07, 6.45) is 1.70. The molecular weight excluding hydrogens is 529 g/mol. The Bertz CT molecular complexity index is 1250. The third-order valence-corrected chi connectivity index (χ3v) is 6.35. The van der Waals surface area contributed by atoms with Crippen molar-refractivity contribution >= 4 is 44.4 Å². The molecule has 3 aromatic rings. The van der Waals surface area contributed by atoms with Crippen molar-refractivity contribution < 1.29 is 22.1 Å². The molecule has 3 aromatic carbocycles. The Morgan fingerprint density at radius 2 is 1.68 bits per heavy atom. The van der Waals surface area contributed by atoms with Gasteiger partial charge in [0.15, 0.2) is 11.5 Å². The van der Waals surface area contributed by atoms with Crippen LogP contribution in [0.4, 0.5) is 0 Å². The lowest BCUT2D eigenvalue weighted by molar-refractivity contribution is 0.389. The summed E-state index contributed by atoms with van der Waals surface area (Å²) < 4.78 is 41.7. The summed E-state index contributed by atoms with van der Waals surface area (Å²) in [6.45, 7) is 0. The molecule has 0 aliphatic heterocycles. The van der Waals surface area contributed by atoms with E-state index >= 15 is 0 Å². The minimum absolute atomic E-state index is 0.0445. The molecule has 0 bridgehead atoms. The van der Waals surface area contributed by atoms with Gasteiger partial charge in [0, 0.05) is 0 Å². The van der Waals surface area contributed by atoms with Gasteiger partial charge in [0.2, 0.25) is 0 Å². The van der Waals surface area contributed by atoms with Crippen molar-refractivity contribution in [2.75, 3.05) is 14.2 Å². The summed E-state index contributed by atoms with van der Waals surface area (Å²) in [7, 11) is -1.02. The first-order valence-corrected chi connectivity index (χ1v) is 11.5. The van der Waals surface area contributed by atoms with Gasteiger partial charge in [-0.15, -0.1) is 0 Å². The lowest BCUT2D eigenvalue weighted by Gasteiger charge is -2.13. The lowest BCUT2D eigenvalue weighted by Crippen LogP contribution is -2.11. The summed E-state index contributed by atoms with van der Waals surface area (Å²) in [5.41, 5.74) is 1.83. The van der Waals surface area contributed by atoms with Gasteiger partial charge in [0.05, 0.1) is 29.4 Å². The Labute approximate surface area is 195 Å². The van der Waals surface area contributed by atoms with Crippen molar-refractivity contribution in [2.45, 2.75) is 4.90 Å². The molecule has 6 nitrogen and oxygen atoms in total. The van der Waals surface area contributed by atoms with Crippen LogP contribution in [0.1, 0.15) is 11.1 Å². The van der Waals surface area contributed by atoms with Gasteiger partial charge in [0.25, 0.3) is 0 Å². The van der Waals surface area contributed by atoms with Gasteiger partial charge in [-0.3, -0.25) is 0 Å². The topological polar surface area (TPSA) is 85.6 Å². The van der Waals surface area contributed by atoms with Crippen molar-refractivity contribution in [3.05, 3.63) is 81.4 Å². The monoisotopic (exact) mass is 547 g/mol. The highest BCUT2D eigenvalue weighted by molar-refractivity contribution is 14.1. The van der Waals surface area contributed by atoms with Crippen LogP contribution in [0.3, 0.4) is 0 Å². The van der Waals surface area contributed by atoms with Crippen LogP contribution in [0.5, 0.6) is 17.2 Å². The van der Waals surface area contributed by atoms with Crippen molar-refractivity contribution in [3.63, 3.8) is 0 Å². The quantitative estimate of drug-likeness (QED) is 0.176. The van der Waals surface area contributed by atoms with Gasteiger partial charge in [-0.1, -0.05) is 18.2 Å². The minimum Gasteiger partial charge on any atom is -0.497 e. The number of allylic oxidation sites excluding steroid dienone is 1. The van der Waals surface area contributed by atoms with Gasteiger partial charge in [-0.2, -0.15) is 13.7 Å². The van der Waals surface area contributed by atoms with Crippen LogP contribution >= 0.6 is 22.6 Å². The van der Waals surface area contributed by atoms with E-state index in [1.54, 1.807) is 67.8 Å². The predicted octanol–water partition coefficient (Wildman–Crippen LogP) is 5.14. The van der Waals surface area contributed by atoms with E-state index in [0.29, 0.717) is 20.5 Å². The number of nitriles is 1. The maximum atomic E-state index is 12.6. The van der Waals surface area contributed by atoms with Crippen LogP contribution < -0.4 is 13.7 Å². The third kappa shape index (κ3) is 5.37. The number of hydrogen-bond donors (Lipinski definition) is 0. The average Bonchev–Trinajstić information content (AvgIpc) is 2.79. The minimum atomic E-state index is -4.02. The van der Waals surface area contributed by atoms with E-state index < -0.39 is 10.1 Å². The molecule has 0 radical (unpaired) electrons. The maximum Gasteiger partial charge on any atom is 0.339 e. The van der Waals surface area contributed by atoms with Crippen LogP contribution in [0, 0.1) is 14.9 Å². The molecule has 0 heterocycles. The number of rotatable bonds is 7. The number of methoxy groups -OCH3 is 2. The van der Waals surface area contributed by atoms with Gasteiger partial charge < -0.3 is 13.7 Å². The van der Waals surface area contributed by atoms with Crippen LogP contribution in [0.25, 0.3) is 11.6 Å². The normalized spacial score (nSPS) is 11.5. The predicted molar refractivity (Wildman–Crippen MR) is 126 cm³/mol. The fraction of sp³-hybridized carbons (Fsp3) is 0.0870. The van der Waals surface area contributed by atoms with Crippen molar-refractivity contribution in [3.8, 4) is 23.3 Å². The fourth-order valence-electron chi connectivity index (χ4n) is 2.77. The number of hydrogen-bond acceptors (Lipinski definition) is 6. The Kier molecular flexibility index (Phi) is 7.20. The Balaban J connectivity index is 1.98. The van der Waals surface area contributed by atoms with Crippen molar-refractivity contribution in [1.29, 1.82) is 5.26 Å². The number of nitrogens with zero attached hydrogens (tertiary/aromatic N) is 1. The van der Waals surface area contributed by atoms with E-state index in [4.69, 9.17) is 13.7 Å². The molecule has 0 atom stereocenters. The molecule has 0 aliphatic carbocycles. The second-order valence-electron chi connectivity index (χ2n) is 6.28. The van der Waals surface area contributed by atoms with E-state index in [1.165, 1.54) is 19.2 Å². The van der Waals surface area contributed by atoms with Crippen molar-refractivity contribution in [2.24, 2.45) is 0 Å². The molecule has 0 amide bonds. The van der Waals surface area contributed by atoms with E-state index in [-0.39, 0.29) is 16.4 Å². The first-order valence-electron chi connectivity index (χ1n) is 9.01. The Morgan fingerprint density at radius 1 is 1.00 bits per heavy atom. The molecule has 3 rings (SSSR count). The molecule has 31 heavy (non-hydrogen) atoms.